The van der Waals surface area contributed by atoms with Crippen molar-refractivity contribution in [1.82, 2.24) is 0 Å². The van der Waals surface area contributed by atoms with Crippen LogP contribution >= 0.6 is 27.3 Å². The minimum absolute atomic E-state index is 1.11. The van der Waals surface area contributed by atoms with E-state index in [1.165, 1.54) is 15.3 Å². The van der Waals surface area contributed by atoms with Crippen LogP contribution < -0.4 is 0 Å². The van der Waals surface area contributed by atoms with E-state index in [-0.39, 0.29) is 0 Å². The molecule has 2 aromatic rings. The molecule has 1 heterocycles. The van der Waals surface area contributed by atoms with Gasteiger partial charge >= 0.3 is 0 Å². The van der Waals surface area contributed by atoms with Crippen LogP contribution in [0.3, 0.4) is 0 Å². The summed E-state index contributed by atoms with van der Waals surface area (Å²) in [7, 11) is 0. The third-order valence-corrected chi connectivity index (χ3v) is 3.56. The second-order valence-electron chi connectivity index (χ2n) is 2.92. The Hall–Kier alpha value is -0.860. The van der Waals surface area contributed by atoms with Gasteiger partial charge < -0.3 is 0 Å². The van der Waals surface area contributed by atoms with Crippen molar-refractivity contribution >= 4 is 33.3 Å². The van der Waals surface area contributed by atoms with E-state index in [9.17, 15) is 0 Å². The summed E-state index contributed by atoms with van der Waals surface area (Å²) in [4.78, 5) is 2.49. The van der Waals surface area contributed by atoms with Crippen LogP contribution in [0.5, 0.6) is 0 Å². The maximum absolute atomic E-state index is 3.76. The molecule has 14 heavy (non-hydrogen) atoms. The van der Waals surface area contributed by atoms with E-state index in [1.54, 1.807) is 11.3 Å². The van der Waals surface area contributed by atoms with Crippen molar-refractivity contribution in [3.05, 3.63) is 52.3 Å². The van der Waals surface area contributed by atoms with Gasteiger partial charge in [0.1, 0.15) is 0 Å². The maximum atomic E-state index is 3.76. The van der Waals surface area contributed by atoms with E-state index in [0.717, 1.165) is 4.47 Å². The Bertz CT molecular complexity index is 457. The van der Waals surface area contributed by atoms with Gasteiger partial charge in [-0.05, 0) is 29.8 Å². The molecular weight excluding hydrogens is 256 g/mol. The van der Waals surface area contributed by atoms with Gasteiger partial charge in [-0.15, -0.1) is 11.3 Å². The minimum Gasteiger partial charge on any atom is -0.136 e. The fourth-order valence-electron chi connectivity index (χ4n) is 1.26. The Morgan fingerprint density at radius 1 is 1.21 bits per heavy atom. The molecule has 0 saturated heterocycles. The number of hydrogen-bond acceptors (Lipinski definition) is 1. The zero-order chi connectivity index (χ0) is 9.97. The number of halogens is 1. The summed E-state index contributed by atoms with van der Waals surface area (Å²) in [5.41, 5.74) is 1.25. The molecule has 0 saturated carbocycles. The van der Waals surface area contributed by atoms with Crippen molar-refractivity contribution in [3.63, 3.8) is 0 Å². The first-order chi connectivity index (χ1) is 6.79. The Kier molecular flexibility index (Phi) is 2.85. The molecular formula is C12H9BrS. The molecule has 0 nitrogen and oxygen atoms in total. The normalized spacial score (nSPS) is 10.1. The standard InChI is InChI=1S/C12H9BrS/c1-2-11-6-7-12(14-11)9-4-3-5-10(13)8-9/h2-8H,1H2. The van der Waals surface area contributed by atoms with Gasteiger partial charge in [-0.25, -0.2) is 0 Å². The fourth-order valence-corrected chi connectivity index (χ4v) is 2.51. The second-order valence-corrected chi connectivity index (χ2v) is 4.95. The lowest BCUT2D eigenvalue weighted by atomic mass is 10.2. The second kappa shape index (κ2) is 4.11. The Balaban J connectivity index is 2.43. The van der Waals surface area contributed by atoms with E-state index in [0.29, 0.717) is 0 Å². The molecule has 0 spiro atoms. The molecule has 70 valence electrons. The third-order valence-electron chi connectivity index (χ3n) is 1.94. The van der Waals surface area contributed by atoms with Crippen LogP contribution in [-0.2, 0) is 0 Å². The fraction of sp³-hybridized carbons (Fsp3) is 0. The molecule has 0 aliphatic carbocycles. The molecule has 2 heteroatoms. The molecule has 0 atom stereocenters. The minimum atomic E-state index is 1.11. The highest BCUT2D eigenvalue weighted by molar-refractivity contribution is 9.10. The average molecular weight is 265 g/mol. The summed E-state index contributed by atoms with van der Waals surface area (Å²) in [5.74, 6) is 0. The molecule has 0 fully saturated rings. The monoisotopic (exact) mass is 264 g/mol. The topological polar surface area (TPSA) is 0 Å². The number of hydrogen-bond donors (Lipinski definition) is 0. The Labute approximate surface area is 96.0 Å². The predicted molar refractivity (Wildman–Crippen MR) is 67.5 cm³/mol. The largest absolute Gasteiger partial charge is 0.136 e. The van der Waals surface area contributed by atoms with Crippen molar-refractivity contribution in [2.75, 3.05) is 0 Å². The van der Waals surface area contributed by atoms with Crippen LogP contribution in [-0.4, -0.2) is 0 Å². The van der Waals surface area contributed by atoms with E-state index < -0.39 is 0 Å². The molecule has 0 amide bonds. The van der Waals surface area contributed by atoms with E-state index >= 15 is 0 Å². The maximum Gasteiger partial charge on any atom is 0.0349 e. The van der Waals surface area contributed by atoms with E-state index in [4.69, 9.17) is 0 Å². The van der Waals surface area contributed by atoms with Crippen molar-refractivity contribution in [1.29, 1.82) is 0 Å². The van der Waals surface area contributed by atoms with Crippen molar-refractivity contribution in [3.8, 4) is 10.4 Å². The molecule has 0 aliphatic heterocycles. The molecule has 1 aromatic carbocycles. The number of rotatable bonds is 2. The highest BCUT2D eigenvalue weighted by Gasteiger charge is 2.00. The Morgan fingerprint density at radius 3 is 2.71 bits per heavy atom. The number of benzene rings is 1. The van der Waals surface area contributed by atoms with Crippen LogP contribution in [0.15, 0.2) is 47.4 Å². The summed E-state index contributed by atoms with van der Waals surface area (Å²) in [6, 6.07) is 12.5. The lowest BCUT2D eigenvalue weighted by Gasteiger charge is -1.96. The smallest absolute Gasteiger partial charge is 0.0349 e. The van der Waals surface area contributed by atoms with Crippen LogP contribution in [0.2, 0.25) is 0 Å². The van der Waals surface area contributed by atoms with E-state index in [1.807, 2.05) is 18.2 Å². The lowest BCUT2D eigenvalue weighted by molar-refractivity contribution is 1.65. The van der Waals surface area contributed by atoms with Gasteiger partial charge in [-0.3, -0.25) is 0 Å². The summed E-state index contributed by atoms with van der Waals surface area (Å²) in [6.07, 6.45) is 1.88. The first-order valence-electron chi connectivity index (χ1n) is 4.28. The van der Waals surface area contributed by atoms with Crippen molar-refractivity contribution in [2.24, 2.45) is 0 Å². The van der Waals surface area contributed by atoms with Gasteiger partial charge in [-0.2, -0.15) is 0 Å². The van der Waals surface area contributed by atoms with Gasteiger partial charge in [0.25, 0.3) is 0 Å². The van der Waals surface area contributed by atoms with Crippen LogP contribution in [0.4, 0.5) is 0 Å². The zero-order valence-corrected chi connectivity index (χ0v) is 9.94. The predicted octanol–water partition coefficient (Wildman–Crippen LogP) is 4.82. The Morgan fingerprint density at radius 2 is 2.07 bits per heavy atom. The highest BCUT2D eigenvalue weighted by Crippen LogP contribution is 2.30. The zero-order valence-electron chi connectivity index (χ0n) is 7.53. The van der Waals surface area contributed by atoms with Gasteiger partial charge in [0, 0.05) is 14.2 Å². The molecule has 0 radical (unpaired) electrons. The van der Waals surface area contributed by atoms with E-state index in [2.05, 4.69) is 46.8 Å². The lowest BCUT2D eigenvalue weighted by Crippen LogP contribution is -1.70. The summed E-state index contributed by atoms with van der Waals surface area (Å²) in [5, 5.41) is 0. The molecule has 0 unspecified atom stereocenters. The van der Waals surface area contributed by atoms with Crippen molar-refractivity contribution in [2.45, 2.75) is 0 Å². The van der Waals surface area contributed by atoms with Crippen LogP contribution in [0.1, 0.15) is 4.88 Å². The molecule has 0 aliphatic rings. The quantitative estimate of drug-likeness (QED) is 0.730. The van der Waals surface area contributed by atoms with Gasteiger partial charge in [0.15, 0.2) is 0 Å². The molecule has 2 rings (SSSR count). The summed E-state index contributed by atoms with van der Waals surface area (Å²) >= 11 is 5.22. The highest BCUT2D eigenvalue weighted by atomic mass is 79.9. The summed E-state index contributed by atoms with van der Waals surface area (Å²) < 4.78 is 1.11. The average Bonchev–Trinajstić information content (AvgIpc) is 2.66. The molecule has 0 bridgehead atoms. The van der Waals surface area contributed by atoms with Crippen molar-refractivity contribution < 1.29 is 0 Å². The van der Waals surface area contributed by atoms with Gasteiger partial charge in [0.2, 0.25) is 0 Å². The third kappa shape index (κ3) is 1.97. The summed E-state index contributed by atoms with van der Waals surface area (Å²) in [6.45, 7) is 3.76. The van der Waals surface area contributed by atoms with Gasteiger partial charge in [-0.1, -0.05) is 40.7 Å². The molecule has 0 N–H and O–H groups in total. The number of thiophene rings is 1. The first-order valence-corrected chi connectivity index (χ1v) is 5.89. The molecule has 1 aromatic heterocycles. The SMILES string of the molecule is C=Cc1ccc(-c2cccc(Br)c2)s1. The van der Waals surface area contributed by atoms with Crippen LogP contribution in [0.25, 0.3) is 16.5 Å². The van der Waals surface area contributed by atoms with Gasteiger partial charge in [0.05, 0.1) is 0 Å². The van der Waals surface area contributed by atoms with Crippen LogP contribution in [0, 0.1) is 0 Å². The first kappa shape index (κ1) is 9.69.